The summed E-state index contributed by atoms with van der Waals surface area (Å²) in [7, 11) is -8.80. The van der Waals surface area contributed by atoms with Gasteiger partial charge in [0.15, 0.2) is 23.3 Å². The lowest BCUT2D eigenvalue weighted by Crippen LogP contribution is -2.43. The maximum absolute atomic E-state index is 11.4. The van der Waals surface area contributed by atoms with E-state index in [1.807, 2.05) is 177 Å². The molecular weight excluding hydrogens is 1250 g/mol. The number of aliphatic hydroxyl groups is 4. The first-order valence-electron chi connectivity index (χ1n) is 28.5. The molecule has 6 aromatic carbocycles. The smallest absolute Gasteiger partial charge is 0.374 e. The number of ether oxygens (including phenoxy) is 1. The van der Waals surface area contributed by atoms with Crippen molar-refractivity contribution in [3.8, 4) is 28.0 Å². The number of halogens is 4. The standard InChI is InChI=1S/C37H36N2O8S2.C27H31Cl4N4O4/c1-2-27(23-36-38(19-9-21-48(40,41)42)32-17-15-31(26-35(32)47-36)29-13-7-4-8-14-29)24-37-39(20-10-22-49(43,44)45)33-25-30(16-18-34(33)46-37)28-11-5-3-6-12-28;1-3-32-22-8-18(28)20(30)10-24(22)34(12-16(38)14-36)26(32)6-5-7-27-33(4-2)23-9-19(29)21(31)11-25(23)35(27)13-17(39)15-37/h3-8,11-18,23-26H,2,9-10,19-22H2,1H3,(H-,40,41,42,43,44,45);5-11,16-17,36-39H,3-4,12-15H2,1-2H3/q;+1/p-1. The zero-order valence-corrected chi connectivity index (χ0v) is 53.0. The van der Waals surface area contributed by atoms with Gasteiger partial charge in [0.2, 0.25) is 11.5 Å². The Kier molecular flexibility index (Phi) is 21.5. The summed E-state index contributed by atoms with van der Waals surface area (Å²) in [4.78, 5) is 5.81. The quantitative estimate of drug-likeness (QED) is 0.0344. The number of aliphatic hydroxyl groups excluding tert-OH is 4. The molecule has 464 valence electrons. The number of anilines is 3. The van der Waals surface area contributed by atoms with Crippen LogP contribution in [0, 0.1) is 0 Å². The zero-order valence-electron chi connectivity index (χ0n) is 48.3. The van der Waals surface area contributed by atoms with Gasteiger partial charge in [0.1, 0.15) is 18.5 Å². The van der Waals surface area contributed by atoms with Gasteiger partial charge in [-0.05, 0) is 97.0 Å². The molecule has 0 saturated heterocycles. The molecule has 2 aromatic heterocycles. The lowest BCUT2D eigenvalue weighted by molar-refractivity contribution is -0.681. The Bertz CT molecular complexity index is 4200. The summed E-state index contributed by atoms with van der Waals surface area (Å²) in [5, 5.41) is 41.3. The molecule has 4 N–H and O–H groups in total. The van der Waals surface area contributed by atoms with Crippen molar-refractivity contribution in [1.29, 1.82) is 0 Å². The fourth-order valence-corrected chi connectivity index (χ4v) is 12.3. The van der Waals surface area contributed by atoms with Crippen molar-refractivity contribution < 1.29 is 64.7 Å². The molecule has 0 bridgehead atoms. The predicted molar refractivity (Wildman–Crippen MR) is 344 cm³/mol. The number of β-amino-alcohol motifs (C(OH)–C–C–N with tert-alkyl or cyclic N) is 1. The van der Waals surface area contributed by atoms with E-state index >= 15 is 0 Å². The Morgan fingerprint density at radius 1 is 0.648 bits per heavy atom. The van der Waals surface area contributed by atoms with Crippen molar-refractivity contribution in [2.24, 2.45) is 0 Å². The second-order valence-electron chi connectivity index (χ2n) is 20.9. The first-order valence-corrected chi connectivity index (χ1v) is 33.2. The number of nitrogens with zero attached hydrogens (tertiary/aromatic N) is 6. The number of fused-ring (bicyclic) bond motifs is 4. The van der Waals surface area contributed by atoms with E-state index in [-0.39, 0.29) is 39.0 Å². The minimum absolute atomic E-state index is 0.0999. The lowest BCUT2D eigenvalue weighted by atomic mass is 10.0. The van der Waals surface area contributed by atoms with Crippen LogP contribution in [-0.4, -0.2) is 107 Å². The van der Waals surface area contributed by atoms with Crippen LogP contribution in [0.4, 0.5) is 17.1 Å². The van der Waals surface area contributed by atoms with Crippen molar-refractivity contribution in [3.63, 3.8) is 0 Å². The van der Waals surface area contributed by atoms with E-state index < -0.39 is 57.2 Å². The third-order valence-electron chi connectivity index (χ3n) is 14.9. The lowest BCUT2D eigenvalue weighted by Gasteiger charge is -2.25. The van der Waals surface area contributed by atoms with E-state index in [2.05, 4.69) is 0 Å². The number of allylic oxidation sites excluding steroid dienone is 4. The van der Waals surface area contributed by atoms with E-state index in [4.69, 9.17) is 55.6 Å². The molecule has 2 aliphatic rings. The highest BCUT2D eigenvalue weighted by atomic mass is 35.5. The summed E-state index contributed by atoms with van der Waals surface area (Å²) < 4.78 is 87.0. The van der Waals surface area contributed by atoms with Crippen LogP contribution < -0.4 is 28.6 Å². The van der Waals surface area contributed by atoms with Gasteiger partial charge in [-0.25, -0.2) is 26.0 Å². The fourth-order valence-electron chi connectivity index (χ4n) is 10.7. The second-order valence-corrected chi connectivity index (χ2v) is 25.5. The first-order chi connectivity index (χ1) is 42.1. The highest BCUT2D eigenvalue weighted by Crippen LogP contribution is 2.46. The SMILES string of the molecule is CCC(/C=C1\Oc2ccc(-c3ccccc3)cc2N1CCCS(=O)(=O)[O-])=C\c1oc2cc(-c3ccccc3)ccc2[n+]1CCCS(=O)(=O)[O-].CCN1/C(=C\C=C\c2n(CC)c3cc(Cl)c(Cl)cc3[n+]2CC(O)CO)N(CC(O)CO)c2cc(Cl)c(Cl)cc21. The molecule has 4 heterocycles. The van der Waals surface area contributed by atoms with E-state index in [9.17, 15) is 46.4 Å². The number of imidazole rings is 1. The summed E-state index contributed by atoms with van der Waals surface area (Å²) in [5.41, 5.74) is 10.0. The summed E-state index contributed by atoms with van der Waals surface area (Å²) in [6.45, 7) is 7.18. The highest BCUT2D eigenvalue weighted by Gasteiger charge is 2.34. The van der Waals surface area contributed by atoms with Crippen molar-refractivity contribution in [3.05, 3.63) is 189 Å². The monoisotopic (exact) mass is 1310 g/mol. The number of rotatable bonds is 23. The van der Waals surface area contributed by atoms with E-state index in [0.29, 0.717) is 62.7 Å². The van der Waals surface area contributed by atoms with Gasteiger partial charge in [0, 0.05) is 61.4 Å². The average molecular weight is 1320 g/mol. The Balaban J connectivity index is 0.000000215. The van der Waals surface area contributed by atoms with Gasteiger partial charge < -0.3 is 53.4 Å². The number of hydrogen-bond donors (Lipinski definition) is 4. The minimum atomic E-state index is -4.41. The highest BCUT2D eigenvalue weighted by molar-refractivity contribution is 7.85. The van der Waals surface area contributed by atoms with Crippen molar-refractivity contribution >= 4 is 118 Å². The molecule has 0 amide bonds. The normalized spacial score (nSPS) is 15.2. The molecule has 0 radical (unpaired) electrons. The number of benzene rings is 6. The van der Waals surface area contributed by atoms with Crippen LogP contribution in [0.3, 0.4) is 0 Å². The minimum Gasteiger partial charge on any atom is -0.748 e. The summed E-state index contributed by atoms with van der Waals surface area (Å²) in [6.07, 6.45) is 8.19. The van der Waals surface area contributed by atoms with Crippen molar-refractivity contribution in [1.82, 2.24) is 4.57 Å². The Morgan fingerprint density at radius 3 is 1.86 bits per heavy atom. The van der Waals surface area contributed by atoms with Crippen LogP contribution in [0.5, 0.6) is 5.75 Å². The topological polar surface area (TPSA) is 240 Å². The molecule has 0 saturated carbocycles. The van der Waals surface area contributed by atoms with Crippen molar-refractivity contribution in [2.45, 2.75) is 71.9 Å². The third-order valence-corrected chi connectivity index (χ3v) is 17.9. The molecule has 2 unspecified atom stereocenters. The van der Waals surface area contributed by atoms with Crippen LogP contribution in [0.2, 0.25) is 20.1 Å². The number of aromatic nitrogens is 3. The van der Waals surface area contributed by atoms with Crippen LogP contribution in [0.1, 0.15) is 51.7 Å². The first kappa shape index (κ1) is 65.7. The molecule has 24 heteroatoms. The number of oxazole rings is 1. The predicted octanol–water partition coefficient (Wildman–Crippen LogP) is 10.9. The van der Waals surface area contributed by atoms with E-state index in [1.54, 1.807) is 24.3 Å². The molecule has 10 rings (SSSR count). The van der Waals surface area contributed by atoms with Gasteiger partial charge in [-0.1, -0.05) is 126 Å². The van der Waals surface area contributed by atoms with Crippen LogP contribution >= 0.6 is 46.4 Å². The van der Waals surface area contributed by atoms with Crippen LogP contribution in [-0.2, 0) is 39.9 Å². The average Bonchev–Trinajstić information content (AvgIpc) is 2.22. The van der Waals surface area contributed by atoms with Crippen LogP contribution in [0.15, 0.2) is 161 Å². The zero-order chi connectivity index (χ0) is 63.0. The number of aryl methyl sites for hydroxylation is 2. The fraction of sp³-hybridized carbons (Fsp3) is 0.281. The number of hydrogen-bond acceptors (Lipinski definition) is 15. The molecule has 88 heavy (non-hydrogen) atoms. The Hall–Kier alpha value is -6.76. The molecule has 8 aromatic rings. The van der Waals surface area contributed by atoms with Gasteiger partial charge >= 0.3 is 5.89 Å². The van der Waals surface area contributed by atoms with Gasteiger partial charge in [-0.3, -0.25) is 0 Å². The Labute approximate surface area is 531 Å². The third kappa shape index (κ3) is 15.4. The van der Waals surface area contributed by atoms with Crippen molar-refractivity contribution in [2.75, 3.05) is 59.1 Å². The molecule has 18 nitrogen and oxygen atoms in total. The van der Waals surface area contributed by atoms with Gasteiger partial charge in [0.25, 0.3) is 11.3 Å². The molecule has 0 spiro atoms. The molecule has 2 aliphatic heterocycles. The van der Waals surface area contributed by atoms with Gasteiger partial charge in [-0.2, -0.15) is 4.57 Å². The largest absolute Gasteiger partial charge is 0.748 e. The summed E-state index contributed by atoms with van der Waals surface area (Å²) in [6, 6.07) is 38.4. The summed E-state index contributed by atoms with van der Waals surface area (Å²) in [5.74, 6) is 2.03. The maximum atomic E-state index is 11.4. The second kappa shape index (κ2) is 28.8. The van der Waals surface area contributed by atoms with E-state index in [1.165, 1.54) is 0 Å². The molecule has 0 aliphatic carbocycles. The van der Waals surface area contributed by atoms with Gasteiger partial charge in [0.05, 0.1) is 95.9 Å². The summed E-state index contributed by atoms with van der Waals surface area (Å²) >= 11 is 25.3. The van der Waals surface area contributed by atoms with Crippen LogP contribution in [0.25, 0.3) is 56.5 Å². The molecular formula is C64H66Cl4N6O12S2. The van der Waals surface area contributed by atoms with Gasteiger partial charge in [-0.15, -0.1) is 0 Å². The maximum Gasteiger partial charge on any atom is 0.374 e. The molecule has 2 atom stereocenters. The Morgan fingerprint density at radius 2 is 1.25 bits per heavy atom. The molecule has 0 fully saturated rings. The van der Waals surface area contributed by atoms with E-state index in [0.717, 1.165) is 73.1 Å².